The van der Waals surface area contributed by atoms with Crippen LogP contribution in [0.1, 0.15) is 6.42 Å². The Kier molecular flexibility index (Phi) is 4.53. The zero-order valence-electron chi connectivity index (χ0n) is 11.1. The number of aliphatic hydroxyl groups excluding tert-OH is 1. The molecule has 0 fully saturated rings. The van der Waals surface area contributed by atoms with Crippen molar-refractivity contribution in [3.63, 3.8) is 0 Å². The number of H-pyrrole nitrogens is 2. The molecule has 0 aliphatic carbocycles. The number of hydrogen-bond acceptors (Lipinski definition) is 6. The summed E-state index contributed by atoms with van der Waals surface area (Å²) in [5, 5.41) is 11.6. The summed E-state index contributed by atoms with van der Waals surface area (Å²) in [6.07, 6.45) is 0.629. The van der Waals surface area contributed by atoms with Gasteiger partial charge in [0.1, 0.15) is 0 Å². The first-order chi connectivity index (χ1) is 9.67. The van der Waals surface area contributed by atoms with Gasteiger partial charge in [-0.05, 0) is 6.42 Å². The lowest BCUT2D eigenvalue weighted by Gasteiger charge is -2.04. The second-order valence-corrected chi connectivity index (χ2v) is 4.19. The average molecular weight is 283 g/mol. The van der Waals surface area contributed by atoms with E-state index in [1.54, 1.807) is 7.11 Å². The van der Waals surface area contributed by atoms with E-state index >= 15 is 0 Å². The van der Waals surface area contributed by atoms with Gasteiger partial charge in [-0.2, -0.15) is 4.98 Å². The van der Waals surface area contributed by atoms with Crippen LogP contribution in [0.25, 0.3) is 11.2 Å². The molecule has 0 amide bonds. The fourth-order valence-corrected chi connectivity index (χ4v) is 1.87. The van der Waals surface area contributed by atoms with Gasteiger partial charge >= 0.3 is 5.69 Å². The number of aliphatic hydroxyl groups is 1. The third kappa shape index (κ3) is 2.89. The van der Waals surface area contributed by atoms with Crippen molar-refractivity contribution in [2.24, 2.45) is 0 Å². The van der Waals surface area contributed by atoms with Crippen LogP contribution in [0.4, 0.5) is 5.95 Å². The van der Waals surface area contributed by atoms with Gasteiger partial charge in [-0.3, -0.25) is 14.3 Å². The second kappa shape index (κ2) is 6.35. The summed E-state index contributed by atoms with van der Waals surface area (Å²) in [4.78, 5) is 32.8. The molecule has 0 spiro atoms. The summed E-state index contributed by atoms with van der Waals surface area (Å²) in [6.45, 7) is 1.14. The molecule has 110 valence electrons. The molecule has 20 heavy (non-hydrogen) atoms. The van der Waals surface area contributed by atoms with Crippen molar-refractivity contribution in [2.75, 3.05) is 32.2 Å². The Hall–Kier alpha value is -2.13. The van der Waals surface area contributed by atoms with Gasteiger partial charge in [0.2, 0.25) is 5.95 Å². The number of imidazole rings is 1. The Bertz CT molecular complexity index is 686. The van der Waals surface area contributed by atoms with Crippen LogP contribution in [0.5, 0.6) is 0 Å². The minimum absolute atomic E-state index is 0.0615. The summed E-state index contributed by atoms with van der Waals surface area (Å²) >= 11 is 0. The second-order valence-electron chi connectivity index (χ2n) is 4.19. The van der Waals surface area contributed by atoms with Crippen molar-refractivity contribution in [3.05, 3.63) is 20.8 Å². The molecule has 0 aliphatic rings. The maximum atomic E-state index is 11.8. The molecule has 0 radical (unpaired) electrons. The third-order valence-electron chi connectivity index (χ3n) is 2.77. The molecule has 2 aromatic heterocycles. The quantitative estimate of drug-likeness (QED) is 0.476. The average Bonchev–Trinajstić information content (AvgIpc) is 2.84. The van der Waals surface area contributed by atoms with E-state index in [1.165, 1.54) is 4.57 Å². The number of anilines is 1. The van der Waals surface area contributed by atoms with Crippen molar-refractivity contribution < 1.29 is 9.84 Å². The predicted molar refractivity (Wildman–Crippen MR) is 73.0 cm³/mol. The van der Waals surface area contributed by atoms with Gasteiger partial charge in [0.15, 0.2) is 11.2 Å². The summed E-state index contributed by atoms with van der Waals surface area (Å²) in [6, 6.07) is 0. The summed E-state index contributed by atoms with van der Waals surface area (Å²) in [7, 11) is 1.58. The number of methoxy groups -OCH3 is 1. The predicted octanol–water partition coefficient (Wildman–Crippen LogP) is -1.15. The smallest absolute Gasteiger partial charge is 0.330 e. The molecule has 2 heterocycles. The van der Waals surface area contributed by atoms with E-state index in [2.05, 4.69) is 20.3 Å². The Morgan fingerprint density at radius 2 is 2.20 bits per heavy atom. The molecule has 0 saturated carbocycles. The van der Waals surface area contributed by atoms with Crippen molar-refractivity contribution in [1.82, 2.24) is 19.5 Å². The van der Waals surface area contributed by atoms with E-state index in [9.17, 15) is 9.59 Å². The monoisotopic (exact) mass is 283 g/mol. The number of ether oxygens (including phenoxy) is 1. The molecule has 2 aromatic rings. The zero-order chi connectivity index (χ0) is 14.5. The highest BCUT2D eigenvalue weighted by Gasteiger charge is 2.12. The van der Waals surface area contributed by atoms with Crippen LogP contribution in [0, 0.1) is 0 Å². The van der Waals surface area contributed by atoms with E-state index in [0.717, 1.165) is 0 Å². The number of nitrogens with one attached hydrogen (secondary N) is 3. The molecular weight excluding hydrogens is 266 g/mol. The number of hydrogen-bond donors (Lipinski definition) is 4. The molecule has 0 aliphatic heterocycles. The van der Waals surface area contributed by atoms with Gasteiger partial charge in [-0.15, -0.1) is 0 Å². The van der Waals surface area contributed by atoms with Crippen LogP contribution in [-0.2, 0) is 11.3 Å². The SMILES string of the molecule is COCCCn1c(=O)[nH]c(=O)c2[nH]c(NCCO)nc21. The normalized spacial score (nSPS) is 11.1. The molecule has 9 heteroatoms. The Labute approximate surface area is 113 Å². The highest BCUT2D eigenvalue weighted by atomic mass is 16.5. The molecular formula is C11H17N5O4. The van der Waals surface area contributed by atoms with Crippen molar-refractivity contribution in [1.29, 1.82) is 0 Å². The molecule has 0 aromatic carbocycles. The lowest BCUT2D eigenvalue weighted by molar-refractivity contribution is 0.190. The van der Waals surface area contributed by atoms with Crippen LogP contribution in [0.15, 0.2) is 9.59 Å². The molecule has 4 N–H and O–H groups in total. The van der Waals surface area contributed by atoms with Crippen LogP contribution in [0.3, 0.4) is 0 Å². The lowest BCUT2D eigenvalue weighted by atomic mass is 10.4. The maximum Gasteiger partial charge on any atom is 0.330 e. The topological polar surface area (TPSA) is 125 Å². The number of rotatable bonds is 7. The standard InChI is InChI=1S/C11H17N5O4/c1-20-6-2-4-16-8-7(9(18)15-11(16)19)13-10(14-8)12-3-5-17/h17H,2-6H2,1H3,(H2,12,13,14)(H,15,18,19). The van der Waals surface area contributed by atoms with Gasteiger partial charge in [-0.25, -0.2) is 4.79 Å². The van der Waals surface area contributed by atoms with Crippen LogP contribution >= 0.6 is 0 Å². The summed E-state index contributed by atoms with van der Waals surface area (Å²) < 4.78 is 6.33. The first kappa shape index (κ1) is 14.3. The highest BCUT2D eigenvalue weighted by Crippen LogP contribution is 2.08. The Balaban J connectivity index is 2.41. The largest absolute Gasteiger partial charge is 0.395 e. The van der Waals surface area contributed by atoms with Crippen LogP contribution < -0.4 is 16.6 Å². The maximum absolute atomic E-state index is 11.8. The van der Waals surface area contributed by atoms with Gasteiger partial charge in [0.05, 0.1) is 6.61 Å². The lowest BCUT2D eigenvalue weighted by Crippen LogP contribution is -2.30. The highest BCUT2D eigenvalue weighted by molar-refractivity contribution is 5.72. The van der Waals surface area contributed by atoms with Crippen LogP contribution in [0.2, 0.25) is 0 Å². The van der Waals surface area contributed by atoms with Gasteiger partial charge in [-0.1, -0.05) is 0 Å². The number of nitrogens with zero attached hydrogens (tertiary/aromatic N) is 2. The number of aromatic nitrogens is 4. The zero-order valence-corrected chi connectivity index (χ0v) is 11.1. The summed E-state index contributed by atoms with van der Waals surface area (Å²) in [5.74, 6) is 0.339. The van der Waals surface area contributed by atoms with E-state index in [4.69, 9.17) is 9.84 Å². The van der Waals surface area contributed by atoms with Crippen molar-refractivity contribution in [2.45, 2.75) is 13.0 Å². The number of fused-ring (bicyclic) bond motifs is 1. The van der Waals surface area contributed by atoms with Crippen molar-refractivity contribution >= 4 is 17.1 Å². The number of aryl methyl sites for hydroxylation is 1. The summed E-state index contributed by atoms with van der Waals surface area (Å²) in [5.41, 5.74) is -0.505. The molecule has 0 saturated heterocycles. The van der Waals surface area contributed by atoms with E-state index in [0.29, 0.717) is 32.1 Å². The molecule has 0 atom stereocenters. The first-order valence-corrected chi connectivity index (χ1v) is 6.24. The van der Waals surface area contributed by atoms with Gasteiger partial charge < -0.3 is 20.1 Å². The molecule has 9 nitrogen and oxygen atoms in total. The van der Waals surface area contributed by atoms with E-state index < -0.39 is 11.2 Å². The molecule has 0 unspecified atom stereocenters. The van der Waals surface area contributed by atoms with E-state index in [1.807, 2.05) is 0 Å². The molecule has 0 bridgehead atoms. The van der Waals surface area contributed by atoms with Gasteiger partial charge in [0, 0.05) is 26.8 Å². The number of aromatic amines is 2. The van der Waals surface area contributed by atoms with E-state index in [-0.39, 0.29) is 17.8 Å². The van der Waals surface area contributed by atoms with Crippen molar-refractivity contribution in [3.8, 4) is 0 Å². The van der Waals surface area contributed by atoms with Gasteiger partial charge in [0.25, 0.3) is 5.56 Å². The first-order valence-electron chi connectivity index (χ1n) is 6.24. The fraction of sp³-hybridized carbons (Fsp3) is 0.545. The Morgan fingerprint density at radius 1 is 1.40 bits per heavy atom. The Morgan fingerprint density at radius 3 is 2.90 bits per heavy atom. The minimum Gasteiger partial charge on any atom is -0.395 e. The van der Waals surface area contributed by atoms with Crippen LogP contribution in [-0.4, -0.2) is 51.5 Å². The minimum atomic E-state index is -0.516. The molecule has 2 rings (SSSR count). The third-order valence-corrected chi connectivity index (χ3v) is 2.77. The fourth-order valence-electron chi connectivity index (χ4n) is 1.87.